The molecule has 100 valence electrons. The van der Waals surface area contributed by atoms with Crippen LogP contribution in [0.1, 0.15) is 11.1 Å². The Balaban J connectivity index is 2.14. The van der Waals surface area contributed by atoms with Gasteiger partial charge in [-0.2, -0.15) is 0 Å². The topological polar surface area (TPSA) is 55.9 Å². The molecular weight excluding hydrogens is 250 g/mol. The molecule has 2 aromatic carbocycles. The Bertz CT molecular complexity index is 727. The summed E-state index contributed by atoms with van der Waals surface area (Å²) in [5.41, 5.74) is 11.0. The number of nitrogens with zero attached hydrogens (tertiary/aromatic N) is 2. The van der Waals surface area contributed by atoms with E-state index < -0.39 is 0 Å². The van der Waals surface area contributed by atoms with Crippen molar-refractivity contribution in [2.75, 3.05) is 5.73 Å². The van der Waals surface area contributed by atoms with E-state index in [1.165, 1.54) is 11.1 Å². The molecule has 0 fully saturated rings. The van der Waals surface area contributed by atoms with E-state index in [4.69, 9.17) is 10.3 Å². The zero-order valence-corrected chi connectivity index (χ0v) is 11.5. The molecule has 0 radical (unpaired) electrons. The number of aromatic nitrogens is 2. The normalized spacial score (nSPS) is 10.7. The molecule has 0 bridgehead atoms. The monoisotopic (exact) mass is 266 g/mol. The SMILES string of the molecule is Cc1ccc(-c2c(N)on[n+]2-c2ccc(C)cc2)cc1. The van der Waals surface area contributed by atoms with Gasteiger partial charge in [-0.15, -0.1) is 0 Å². The van der Waals surface area contributed by atoms with Crippen molar-refractivity contribution in [3.63, 3.8) is 0 Å². The summed E-state index contributed by atoms with van der Waals surface area (Å²) in [5.74, 6) is 0.314. The first-order valence-corrected chi connectivity index (χ1v) is 6.47. The molecule has 0 spiro atoms. The van der Waals surface area contributed by atoms with Crippen LogP contribution in [0, 0.1) is 13.8 Å². The zero-order chi connectivity index (χ0) is 14.1. The van der Waals surface area contributed by atoms with Gasteiger partial charge in [-0.3, -0.25) is 4.52 Å². The number of anilines is 1. The minimum absolute atomic E-state index is 0.314. The molecule has 0 aliphatic rings. The molecule has 4 nitrogen and oxygen atoms in total. The van der Waals surface area contributed by atoms with Crippen molar-refractivity contribution >= 4 is 5.88 Å². The molecule has 3 aromatic rings. The van der Waals surface area contributed by atoms with Crippen LogP contribution in [0.3, 0.4) is 0 Å². The van der Waals surface area contributed by atoms with Crippen molar-refractivity contribution in [1.29, 1.82) is 0 Å². The molecule has 4 heteroatoms. The van der Waals surface area contributed by atoms with Crippen LogP contribution in [0.5, 0.6) is 0 Å². The van der Waals surface area contributed by atoms with E-state index in [1.807, 2.05) is 55.5 Å². The molecule has 3 rings (SSSR count). The van der Waals surface area contributed by atoms with Gasteiger partial charge in [0.2, 0.25) is 11.0 Å². The average molecular weight is 266 g/mol. The van der Waals surface area contributed by atoms with Gasteiger partial charge < -0.3 is 5.73 Å². The van der Waals surface area contributed by atoms with Crippen molar-refractivity contribution in [3.05, 3.63) is 59.7 Å². The van der Waals surface area contributed by atoms with E-state index in [0.717, 1.165) is 16.9 Å². The van der Waals surface area contributed by atoms with Crippen LogP contribution in [-0.4, -0.2) is 5.27 Å². The fourth-order valence-corrected chi connectivity index (χ4v) is 2.11. The second-order valence-electron chi connectivity index (χ2n) is 4.90. The third-order valence-electron chi connectivity index (χ3n) is 3.27. The van der Waals surface area contributed by atoms with Crippen LogP contribution in [0.25, 0.3) is 16.9 Å². The Morgan fingerprint density at radius 3 is 2.05 bits per heavy atom. The first kappa shape index (κ1) is 12.4. The molecule has 0 unspecified atom stereocenters. The van der Waals surface area contributed by atoms with Crippen molar-refractivity contribution in [2.45, 2.75) is 13.8 Å². The lowest BCUT2D eigenvalue weighted by molar-refractivity contribution is -0.660. The van der Waals surface area contributed by atoms with Gasteiger partial charge in [0.25, 0.3) is 0 Å². The number of aryl methyl sites for hydroxylation is 2. The van der Waals surface area contributed by atoms with Gasteiger partial charge in [-0.25, -0.2) is 0 Å². The molecular formula is C16H16N3O+. The molecule has 20 heavy (non-hydrogen) atoms. The maximum Gasteiger partial charge on any atom is 0.311 e. The van der Waals surface area contributed by atoms with Gasteiger partial charge >= 0.3 is 11.6 Å². The van der Waals surface area contributed by atoms with E-state index in [-0.39, 0.29) is 0 Å². The highest BCUT2D eigenvalue weighted by Gasteiger charge is 2.26. The summed E-state index contributed by atoms with van der Waals surface area (Å²) < 4.78 is 6.88. The van der Waals surface area contributed by atoms with Gasteiger partial charge in [0.05, 0.1) is 5.56 Å². The third-order valence-corrected chi connectivity index (χ3v) is 3.27. The van der Waals surface area contributed by atoms with Crippen molar-refractivity contribution in [3.8, 4) is 16.9 Å². The minimum atomic E-state index is 0.314. The molecule has 0 saturated carbocycles. The Hall–Kier alpha value is -2.62. The summed E-state index contributed by atoms with van der Waals surface area (Å²) in [4.78, 5) is 0. The van der Waals surface area contributed by atoms with E-state index >= 15 is 0 Å². The van der Waals surface area contributed by atoms with Gasteiger partial charge in [-0.1, -0.05) is 35.4 Å². The molecule has 0 aliphatic heterocycles. The van der Waals surface area contributed by atoms with Crippen LogP contribution < -0.4 is 10.4 Å². The fourth-order valence-electron chi connectivity index (χ4n) is 2.11. The van der Waals surface area contributed by atoms with E-state index in [1.54, 1.807) is 4.68 Å². The second-order valence-corrected chi connectivity index (χ2v) is 4.90. The predicted molar refractivity (Wildman–Crippen MR) is 77.4 cm³/mol. The van der Waals surface area contributed by atoms with Crippen molar-refractivity contribution in [1.82, 2.24) is 5.27 Å². The summed E-state index contributed by atoms with van der Waals surface area (Å²) in [6.07, 6.45) is 0. The maximum absolute atomic E-state index is 5.93. The fraction of sp³-hybridized carbons (Fsp3) is 0.125. The quantitative estimate of drug-likeness (QED) is 0.726. The second kappa shape index (κ2) is 4.81. The molecule has 0 amide bonds. The summed E-state index contributed by atoms with van der Waals surface area (Å²) in [6, 6.07) is 16.2. The lowest BCUT2D eigenvalue weighted by Crippen LogP contribution is -2.34. The van der Waals surface area contributed by atoms with Crippen molar-refractivity contribution < 1.29 is 9.20 Å². The Kier molecular flexibility index (Phi) is 2.99. The first-order chi connectivity index (χ1) is 9.65. The smallest absolute Gasteiger partial charge is 0.311 e. The number of benzene rings is 2. The minimum Gasteiger partial charge on any atom is -0.362 e. The highest BCUT2D eigenvalue weighted by molar-refractivity contribution is 5.66. The van der Waals surface area contributed by atoms with Crippen LogP contribution in [0.2, 0.25) is 0 Å². The van der Waals surface area contributed by atoms with Gasteiger partial charge in [0.15, 0.2) is 0 Å². The van der Waals surface area contributed by atoms with Gasteiger partial charge in [0.1, 0.15) is 0 Å². The highest BCUT2D eigenvalue weighted by Crippen LogP contribution is 2.23. The van der Waals surface area contributed by atoms with E-state index in [0.29, 0.717) is 5.88 Å². The third kappa shape index (κ3) is 2.16. The number of rotatable bonds is 2. The number of nitrogens with two attached hydrogens (primary N) is 1. The van der Waals surface area contributed by atoms with Gasteiger partial charge in [0, 0.05) is 12.1 Å². The van der Waals surface area contributed by atoms with Gasteiger partial charge in [-0.05, 0) is 30.7 Å². The van der Waals surface area contributed by atoms with E-state index in [2.05, 4.69) is 12.2 Å². The molecule has 0 saturated heterocycles. The number of hydrogen-bond donors (Lipinski definition) is 1. The molecule has 0 aliphatic carbocycles. The lowest BCUT2D eigenvalue weighted by Gasteiger charge is -1.97. The van der Waals surface area contributed by atoms with Crippen LogP contribution in [-0.2, 0) is 0 Å². The molecule has 0 atom stereocenters. The Labute approximate surface area is 117 Å². The first-order valence-electron chi connectivity index (χ1n) is 6.47. The largest absolute Gasteiger partial charge is 0.362 e. The van der Waals surface area contributed by atoms with Crippen molar-refractivity contribution in [2.24, 2.45) is 0 Å². The summed E-state index contributed by atoms with van der Waals surface area (Å²) in [5, 5.41) is 4.03. The van der Waals surface area contributed by atoms with E-state index in [9.17, 15) is 0 Å². The summed E-state index contributed by atoms with van der Waals surface area (Å²) >= 11 is 0. The summed E-state index contributed by atoms with van der Waals surface area (Å²) in [7, 11) is 0. The molecule has 2 N–H and O–H groups in total. The molecule has 1 heterocycles. The lowest BCUT2D eigenvalue weighted by atomic mass is 10.1. The number of nitrogen functional groups attached to an aromatic ring is 1. The average Bonchev–Trinajstić information content (AvgIpc) is 2.83. The number of hydrogen-bond acceptors (Lipinski definition) is 3. The Morgan fingerprint density at radius 1 is 0.900 bits per heavy atom. The standard InChI is InChI=1S/C16H16N3O/c1-11-3-7-13(8-4-11)15-16(17)20-18-19(15)14-9-5-12(2)6-10-14/h3-10H,17H2,1-2H3/q+1. The van der Waals surface area contributed by atoms with Crippen LogP contribution in [0.4, 0.5) is 5.88 Å². The summed E-state index contributed by atoms with van der Waals surface area (Å²) in [6.45, 7) is 4.10. The van der Waals surface area contributed by atoms with Crippen LogP contribution in [0.15, 0.2) is 53.1 Å². The van der Waals surface area contributed by atoms with Crippen LogP contribution >= 0.6 is 0 Å². The molecule has 1 aromatic heterocycles. The maximum atomic E-state index is 5.93. The zero-order valence-electron chi connectivity index (χ0n) is 11.5. The Morgan fingerprint density at radius 2 is 1.45 bits per heavy atom. The predicted octanol–water partition coefficient (Wildman–Crippen LogP) is 2.82. The highest BCUT2D eigenvalue weighted by atomic mass is 16.5.